The Kier molecular flexibility index (Phi) is 4.48. The summed E-state index contributed by atoms with van der Waals surface area (Å²) in [5, 5.41) is 11.3. The molecule has 0 fully saturated rings. The molecule has 2 N–H and O–H groups in total. The molecule has 0 radical (unpaired) electrons. The van der Waals surface area contributed by atoms with Gasteiger partial charge in [0.1, 0.15) is 0 Å². The number of hydrogen-bond acceptors (Lipinski definition) is 2. The summed E-state index contributed by atoms with van der Waals surface area (Å²) in [6, 6.07) is 7.19. The molecule has 1 rings (SSSR count). The van der Waals surface area contributed by atoms with E-state index in [0.717, 1.165) is 5.56 Å². The smallest absolute Gasteiger partial charge is 0.305 e. The molecular weight excluding hydrogens is 230 g/mol. The molecule has 98 valence electrons. The minimum Gasteiger partial charge on any atom is -0.481 e. The van der Waals surface area contributed by atoms with E-state index in [2.05, 4.69) is 26.1 Å². The van der Waals surface area contributed by atoms with Crippen molar-refractivity contribution in [3.05, 3.63) is 35.4 Å². The number of carbonyl (C=O) groups is 2. The summed E-state index contributed by atoms with van der Waals surface area (Å²) in [5.74, 6) is -0.936. The molecule has 0 aromatic heterocycles. The van der Waals surface area contributed by atoms with Gasteiger partial charge in [0.25, 0.3) is 0 Å². The summed E-state index contributed by atoms with van der Waals surface area (Å²) in [6.07, 6.45) is 0.416. The van der Waals surface area contributed by atoms with Gasteiger partial charge in [0.2, 0.25) is 6.41 Å². The predicted molar refractivity (Wildman–Crippen MR) is 69.3 cm³/mol. The fourth-order valence-corrected chi connectivity index (χ4v) is 1.75. The van der Waals surface area contributed by atoms with Gasteiger partial charge in [0.05, 0.1) is 12.5 Å². The second-order valence-corrected chi connectivity index (χ2v) is 5.31. The van der Waals surface area contributed by atoms with Gasteiger partial charge in [0, 0.05) is 0 Å². The highest BCUT2D eigenvalue weighted by Crippen LogP contribution is 2.24. The maximum absolute atomic E-state index is 10.7. The van der Waals surface area contributed by atoms with Crippen molar-refractivity contribution in [1.82, 2.24) is 5.32 Å². The van der Waals surface area contributed by atoms with Crippen LogP contribution < -0.4 is 5.32 Å². The minimum absolute atomic E-state index is 0.0545. The van der Waals surface area contributed by atoms with Gasteiger partial charge in [-0.25, -0.2) is 0 Å². The van der Waals surface area contributed by atoms with Gasteiger partial charge in [-0.15, -0.1) is 0 Å². The van der Waals surface area contributed by atoms with E-state index in [9.17, 15) is 9.59 Å². The van der Waals surface area contributed by atoms with Gasteiger partial charge >= 0.3 is 5.97 Å². The molecule has 0 spiro atoms. The molecule has 4 nitrogen and oxygen atoms in total. The van der Waals surface area contributed by atoms with Crippen LogP contribution in [0.2, 0.25) is 0 Å². The summed E-state index contributed by atoms with van der Waals surface area (Å²) in [6.45, 7) is 6.33. The number of hydrogen-bond donors (Lipinski definition) is 2. The SMILES string of the molecule is CC(C)(C)c1ccc([C@@H](CC(=O)O)NC=O)cc1. The van der Waals surface area contributed by atoms with E-state index in [1.807, 2.05) is 24.3 Å². The molecule has 1 aromatic rings. The van der Waals surface area contributed by atoms with Crippen LogP contribution in [-0.2, 0) is 15.0 Å². The van der Waals surface area contributed by atoms with Crippen LogP contribution in [0.15, 0.2) is 24.3 Å². The zero-order chi connectivity index (χ0) is 13.8. The molecule has 1 atom stereocenters. The number of carbonyl (C=O) groups excluding carboxylic acids is 1. The Morgan fingerprint density at radius 3 is 2.28 bits per heavy atom. The number of carboxylic acid groups (broad SMARTS) is 1. The lowest BCUT2D eigenvalue weighted by Crippen LogP contribution is -2.22. The van der Waals surface area contributed by atoms with E-state index >= 15 is 0 Å². The Morgan fingerprint density at radius 2 is 1.89 bits per heavy atom. The zero-order valence-electron chi connectivity index (χ0n) is 10.9. The number of aliphatic carboxylic acids is 1. The Hall–Kier alpha value is -1.84. The maximum atomic E-state index is 10.7. The lowest BCUT2D eigenvalue weighted by atomic mass is 9.86. The third kappa shape index (κ3) is 3.87. The average Bonchev–Trinajstić information content (AvgIpc) is 2.27. The van der Waals surface area contributed by atoms with Crippen LogP contribution in [0.4, 0.5) is 0 Å². The van der Waals surface area contributed by atoms with Crippen molar-refractivity contribution < 1.29 is 14.7 Å². The van der Waals surface area contributed by atoms with Crippen molar-refractivity contribution in [3.8, 4) is 0 Å². The fraction of sp³-hybridized carbons (Fsp3) is 0.429. The molecule has 0 saturated carbocycles. The molecule has 0 heterocycles. The van der Waals surface area contributed by atoms with E-state index in [-0.39, 0.29) is 11.8 Å². The minimum atomic E-state index is -0.936. The summed E-state index contributed by atoms with van der Waals surface area (Å²) in [7, 11) is 0. The van der Waals surface area contributed by atoms with Crippen LogP contribution in [0.5, 0.6) is 0 Å². The fourth-order valence-electron chi connectivity index (χ4n) is 1.75. The number of carboxylic acids is 1. The molecule has 0 aliphatic rings. The normalized spacial score (nSPS) is 12.8. The number of nitrogens with one attached hydrogen (secondary N) is 1. The van der Waals surface area contributed by atoms with Crippen LogP contribution in [0, 0.1) is 0 Å². The molecule has 1 aromatic carbocycles. The summed E-state index contributed by atoms with van der Waals surface area (Å²) in [4.78, 5) is 21.2. The van der Waals surface area contributed by atoms with Crippen molar-refractivity contribution in [2.45, 2.75) is 38.6 Å². The Bertz CT molecular complexity index is 418. The van der Waals surface area contributed by atoms with E-state index in [1.165, 1.54) is 5.56 Å². The molecule has 0 aliphatic carbocycles. The van der Waals surface area contributed by atoms with Gasteiger partial charge in [-0.1, -0.05) is 45.0 Å². The first kappa shape index (κ1) is 14.2. The van der Waals surface area contributed by atoms with Crippen LogP contribution >= 0.6 is 0 Å². The van der Waals surface area contributed by atoms with Gasteiger partial charge in [-0.05, 0) is 16.5 Å². The third-order valence-corrected chi connectivity index (χ3v) is 2.83. The van der Waals surface area contributed by atoms with Gasteiger partial charge in [-0.2, -0.15) is 0 Å². The standard InChI is InChI=1S/C14H19NO3/c1-14(2,3)11-6-4-10(5-7-11)12(15-9-16)8-13(17)18/h4-7,9,12H,8H2,1-3H3,(H,15,16)(H,17,18)/t12-/m1/s1. The Morgan fingerprint density at radius 1 is 1.33 bits per heavy atom. The predicted octanol–water partition coefficient (Wildman–Crippen LogP) is 2.25. The molecule has 0 bridgehead atoms. The molecule has 1 amide bonds. The van der Waals surface area contributed by atoms with E-state index in [0.29, 0.717) is 6.41 Å². The Balaban J connectivity index is 2.93. The third-order valence-electron chi connectivity index (χ3n) is 2.83. The van der Waals surface area contributed by atoms with Crippen LogP contribution in [0.1, 0.15) is 44.4 Å². The molecule has 4 heteroatoms. The van der Waals surface area contributed by atoms with E-state index in [1.54, 1.807) is 0 Å². The highest BCUT2D eigenvalue weighted by Gasteiger charge is 2.17. The second-order valence-electron chi connectivity index (χ2n) is 5.31. The highest BCUT2D eigenvalue weighted by atomic mass is 16.4. The first-order valence-electron chi connectivity index (χ1n) is 5.86. The number of amides is 1. The van der Waals surface area contributed by atoms with E-state index in [4.69, 9.17) is 5.11 Å². The Labute approximate surface area is 107 Å². The van der Waals surface area contributed by atoms with Crippen molar-refractivity contribution in [2.24, 2.45) is 0 Å². The zero-order valence-corrected chi connectivity index (χ0v) is 10.9. The second kappa shape index (κ2) is 5.67. The number of rotatable bonds is 5. The van der Waals surface area contributed by atoms with Crippen molar-refractivity contribution in [3.63, 3.8) is 0 Å². The first-order chi connectivity index (χ1) is 8.34. The van der Waals surface area contributed by atoms with Crippen molar-refractivity contribution >= 4 is 12.4 Å². The maximum Gasteiger partial charge on any atom is 0.305 e. The molecule has 0 unspecified atom stereocenters. The van der Waals surface area contributed by atoms with Crippen molar-refractivity contribution in [1.29, 1.82) is 0 Å². The topological polar surface area (TPSA) is 66.4 Å². The highest BCUT2D eigenvalue weighted by molar-refractivity contribution is 5.68. The van der Waals surface area contributed by atoms with Crippen LogP contribution in [-0.4, -0.2) is 17.5 Å². The van der Waals surface area contributed by atoms with Gasteiger partial charge in [-0.3, -0.25) is 9.59 Å². The molecule has 0 saturated heterocycles. The van der Waals surface area contributed by atoms with Crippen LogP contribution in [0.25, 0.3) is 0 Å². The van der Waals surface area contributed by atoms with Crippen molar-refractivity contribution in [2.75, 3.05) is 0 Å². The molecular formula is C14H19NO3. The summed E-state index contributed by atoms with van der Waals surface area (Å²) in [5.41, 5.74) is 2.03. The first-order valence-corrected chi connectivity index (χ1v) is 5.86. The van der Waals surface area contributed by atoms with Crippen LogP contribution in [0.3, 0.4) is 0 Å². The van der Waals surface area contributed by atoms with Gasteiger partial charge < -0.3 is 10.4 Å². The lowest BCUT2D eigenvalue weighted by molar-refractivity contribution is -0.137. The lowest BCUT2D eigenvalue weighted by Gasteiger charge is -2.20. The molecule has 0 aliphatic heterocycles. The molecule has 18 heavy (non-hydrogen) atoms. The van der Waals surface area contributed by atoms with Gasteiger partial charge in [0.15, 0.2) is 0 Å². The quantitative estimate of drug-likeness (QED) is 0.786. The number of benzene rings is 1. The summed E-state index contributed by atoms with van der Waals surface area (Å²) < 4.78 is 0. The average molecular weight is 249 g/mol. The largest absolute Gasteiger partial charge is 0.481 e. The van der Waals surface area contributed by atoms with E-state index < -0.39 is 12.0 Å². The monoisotopic (exact) mass is 249 g/mol. The summed E-state index contributed by atoms with van der Waals surface area (Å²) >= 11 is 0.